The SMILES string of the molecule is CN(C)c1ccc(C=Nn2c(-c3ccccc3)nc3ccccc3c2=O)c(OCc2ccc([N+](=O)[O-])cc2)c1. The number of aromatic nitrogens is 2. The summed E-state index contributed by atoms with van der Waals surface area (Å²) < 4.78 is 7.43. The average Bonchev–Trinajstić information content (AvgIpc) is 2.96. The van der Waals surface area contributed by atoms with Crippen LogP contribution < -0.4 is 15.2 Å². The molecule has 0 radical (unpaired) electrons. The third-order valence-electron chi connectivity index (χ3n) is 6.15. The van der Waals surface area contributed by atoms with Gasteiger partial charge in [0, 0.05) is 49.1 Å². The second kappa shape index (κ2) is 11.0. The maximum atomic E-state index is 13.5. The van der Waals surface area contributed by atoms with Crippen LogP contribution in [0.4, 0.5) is 11.4 Å². The molecule has 0 aliphatic carbocycles. The molecule has 0 bridgehead atoms. The van der Waals surface area contributed by atoms with Crippen molar-refractivity contribution in [2.45, 2.75) is 6.61 Å². The topological polar surface area (TPSA) is 103 Å². The molecule has 0 saturated carbocycles. The van der Waals surface area contributed by atoms with E-state index < -0.39 is 4.92 Å². The van der Waals surface area contributed by atoms with Gasteiger partial charge in [0.15, 0.2) is 5.82 Å². The highest BCUT2D eigenvalue weighted by Crippen LogP contribution is 2.26. The Hall–Kier alpha value is -5.31. The van der Waals surface area contributed by atoms with Gasteiger partial charge in [0.1, 0.15) is 12.4 Å². The average molecular weight is 520 g/mol. The fraction of sp³-hybridized carbons (Fsp3) is 0.100. The number of nitro benzene ring substituents is 1. The number of rotatable bonds is 8. The number of nitrogens with zero attached hydrogens (tertiary/aromatic N) is 5. The van der Waals surface area contributed by atoms with Crippen molar-refractivity contribution < 1.29 is 9.66 Å². The summed E-state index contributed by atoms with van der Waals surface area (Å²) in [6.45, 7) is 0.197. The third-order valence-corrected chi connectivity index (χ3v) is 6.15. The summed E-state index contributed by atoms with van der Waals surface area (Å²) in [6.07, 6.45) is 1.58. The molecule has 0 spiro atoms. The summed E-state index contributed by atoms with van der Waals surface area (Å²) in [5, 5.41) is 16.0. The molecule has 0 atom stereocenters. The second-order valence-electron chi connectivity index (χ2n) is 9.01. The van der Waals surface area contributed by atoms with Crippen LogP contribution in [-0.4, -0.2) is 34.9 Å². The van der Waals surface area contributed by atoms with Gasteiger partial charge in [-0.25, -0.2) is 4.98 Å². The molecule has 9 heteroatoms. The van der Waals surface area contributed by atoms with E-state index in [0.717, 1.165) is 16.8 Å². The van der Waals surface area contributed by atoms with Crippen molar-refractivity contribution in [3.63, 3.8) is 0 Å². The van der Waals surface area contributed by atoms with Crippen molar-refractivity contribution in [2.75, 3.05) is 19.0 Å². The van der Waals surface area contributed by atoms with Gasteiger partial charge in [0.05, 0.1) is 22.0 Å². The van der Waals surface area contributed by atoms with Gasteiger partial charge in [0.25, 0.3) is 11.2 Å². The van der Waals surface area contributed by atoms with Gasteiger partial charge in [-0.05, 0) is 42.0 Å². The molecule has 0 fully saturated rings. The fourth-order valence-electron chi connectivity index (χ4n) is 4.03. The van der Waals surface area contributed by atoms with Gasteiger partial charge in [-0.3, -0.25) is 14.9 Å². The van der Waals surface area contributed by atoms with Gasteiger partial charge in [0.2, 0.25) is 0 Å². The van der Waals surface area contributed by atoms with E-state index in [-0.39, 0.29) is 17.9 Å². The Bertz CT molecular complexity index is 1730. The fourth-order valence-corrected chi connectivity index (χ4v) is 4.03. The van der Waals surface area contributed by atoms with Crippen molar-refractivity contribution in [3.8, 4) is 17.1 Å². The molecule has 0 saturated heterocycles. The number of nitro groups is 1. The zero-order chi connectivity index (χ0) is 27.4. The number of non-ortho nitro benzene ring substituents is 1. The maximum Gasteiger partial charge on any atom is 0.282 e. The van der Waals surface area contributed by atoms with E-state index >= 15 is 0 Å². The Kier molecular flexibility index (Phi) is 7.13. The van der Waals surface area contributed by atoms with E-state index in [2.05, 4.69) is 5.10 Å². The molecule has 0 aliphatic rings. The van der Waals surface area contributed by atoms with Crippen LogP contribution >= 0.6 is 0 Å². The van der Waals surface area contributed by atoms with Crippen LogP contribution in [-0.2, 0) is 6.61 Å². The lowest BCUT2D eigenvalue weighted by Gasteiger charge is -2.16. The van der Waals surface area contributed by atoms with E-state index in [1.807, 2.05) is 73.6 Å². The summed E-state index contributed by atoms with van der Waals surface area (Å²) in [7, 11) is 3.85. The van der Waals surface area contributed by atoms with Crippen LogP contribution in [0.3, 0.4) is 0 Å². The highest BCUT2D eigenvalue weighted by molar-refractivity contribution is 5.85. The maximum absolute atomic E-state index is 13.5. The minimum absolute atomic E-state index is 0.0184. The number of para-hydroxylation sites is 1. The monoisotopic (exact) mass is 519 g/mol. The molecular formula is C30H25N5O4. The molecule has 5 aromatic rings. The quantitative estimate of drug-likeness (QED) is 0.152. The van der Waals surface area contributed by atoms with Crippen molar-refractivity contribution in [3.05, 3.63) is 129 Å². The highest BCUT2D eigenvalue weighted by atomic mass is 16.6. The molecule has 5 rings (SSSR count). The van der Waals surface area contributed by atoms with Gasteiger partial charge in [-0.2, -0.15) is 9.78 Å². The van der Waals surface area contributed by atoms with Crippen LogP contribution in [0.15, 0.2) is 107 Å². The second-order valence-corrected chi connectivity index (χ2v) is 9.01. The van der Waals surface area contributed by atoms with Crippen LogP contribution in [0, 0.1) is 10.1 Å². The molecule has 9 nitrogen and oxygen atoms in total. The van der Waals surface area contributed by atoms with Gasteiger partial charge in [-0.1, -0.05) is 42.5 Å². The molecule has 4 aromatic carbocycles. The van der Waals surface area contributed by atoms with E-state index in [9.17, 15) is 14.9 Å². The number of benzene rings is 4. The Morgan fingerprint density at radius 1 is 0.974 bits per heavy atom. The smallest absolute Gasteiger partial charge is 0.282 e. The predicted molar refractivity (Wildman–Crippen MR) is 153 cm³/mol. The number of anilines is 1. The first kappa shape index (κ1) is 25.3. The van der Waals surface area contributed by atoms with Crippen LogP contribution in [0.5, 0.6) is 5.75 Å². The van der Waals surface area contributed by atoms with Crippen molar-refractivity contribution in [2.24, 2.45) is 5.10 Å². The van der Waals surface area contributed by atoms with Crippen LogP contribution in [0.1, 0.15) is 11.1 Å². The van der Waals surface area contributed by atoms with Gasteiger partial charge < -0.3 is 9.64 Å². The lowest BCUT2D eigenvalue weighted by atomic mass is 10.1. The molecule has 0 unspecified atom stereocenters. The molecule has 39 heavy (non-hydrogen) atoms. The first-order valence-corrected chi connectivity index (χ1v) is 12.2. The summed E-state index contributed by atoms with van der Waals surface area (Å²) in [5.74, 6) is 0.972. The van der Waals surface area contributed by atoms with E-state index in [4.69, 9.17) is 9.72 Å². The first-order valence-electron chi connectivity index (χ1n) is 12.2. The van der Waals surface area contributed by atoms with Gasteiger partial charge >= 0.3 is 0 Å². The standard InChI is InChI=1S/C30H25N5O4/c1-33(2)25-17-14-23(28(18-25)39-20-21-12-15-24(16-13-21)35(37)38)19-31-34-29(22-8-4-3-5-9-22)32-27-11-7-6-10-26(27)30(34)36/h3-19H,20H2,1-2H3. The predicted octanol–water partition coefficient (Wildman–Crippen LogP) is 5.50. The molecular weight excluding hydrogens is 494 g/mol. The third kappa shape index (κ3) is 5.52. The molecule has 1 aromatic heterocycles. The summed E-state index contributed by atoms with van der Waals surface area (Å²) in [6, 6.07) is 28.5. The Balaban J connectivity index is 1.54. The van der Waals surface area contributed by atoms with Crippen molar-refractivity contribution >= 4 is 28.5 Å². The summed E-state index contributed by atoms with van der Waals surface area (Å²) >= 11 is 0. The minimum Gasteiger partial charge on any atom is -0.488 e. The van der Waals surface area contributed by atoms with Crippen molar-refractivity contribution in [1.29, 1.82) is 0 Å². The summed E-state index contributed by atoms with van der Waals surface area (Å²) in [5.41, 5.74) is 3.44. The first-order chi connectivity index (χ1) is 18.9. The summed E-state index contributed by atoms with van der Waals surface area (Å²) in [4.78, 5) is 30.7. The largest absolute Gasteiger partial charge is 0.488 e. The lowest BCUT2D eigenvalue weighted by molar-refractivity contribution is -0.384. The van der Waals surface area contributed by atoms with Crippen LogP contribution in [0.25, 0.3) is 22.3 Å². The molecule has 0 aliphatic heterocycles. The molecule has 1 heterocycles. The van der Waals surface area contributed by atoms with Crippen molar-refractivity contribution in [1.82, 2.24) is 9.66 Å². The lowest BCUT2D eigenvalue weighted by Crippen LogP contribution is -2.20. The Morgan fingerprint density at radius 3 is 2.41 bits per heavy atom. The molecule has 0 N–H and O–H groups in total. The Labute approximate surface area is 224 Å². The normalized spacial score (nSPS) is 11.1. The molecule has 194 valence electrons. The Morgan fingerprint density at radius 2 is 1.69 bits per heavy atom. The number of ether oxygens (including phenoxy) is 1. The number of fused-ring (bicyclic) bond motifs is 1. The van der Waals surface area contributed by atoms with E-state index in [0.29, 0.717) is 28.0 Å². The minimum atomic E-state index is -0.437. The van der Waals surface area contributed by atoms with E-state index in [1.165, 1.54) is 16.8 Å². The van der Waals surface area contributed by atoms with Crippen LogP contribution in [0.2, 0.25) is 0 Å². The van der Waals surface area contributed by atoms with Gasteiger partial charge in [-0.15, -0.1) is 0 Å². The zero-order valence-corrected chi connectivity index (χ0v) is 21.4. The zero-order valence-electron chi connectivity index (χ0n) is 21.4. The molecule has 0 amide bonds. The number of hydrogen-bond donors (Lipinski definition) is 0. The highest BCUT2D eigenvalue weighted by Gasteiger charge is 2.13. The van der Waals surface area contributed by atoms with E-state index in [1.54, 1.807) is 36.5 Å². The number of hydrogen-bond acceptors (Lipinski definition) is 7.